The van der Waals surface area contributed by atoms with Crippen LogP contribution in [0.1, 0.15) is 46.1 Å². The number of hydrogen-bond acceptors (Lipinski definition) is 3. The monoisotopic (exact) mass is 385 g/mol. The maximum atomic E-state index is 15.5. The normalized spacial score (nSPS) is 10.5. The lowest BCUT2D eigenvalue weighted by molar-refractivity contribution is 0.618. The first kappa shape index (κ1) is 21.7. The summed E-state index contributed by atoms with van der Waals surface area (Å²) >= 11 is 0. The van der Waals surface area contributed by atoms with Crippen molar-refractivity contribution in [3.8, 4) is 11.1 Å². The Labute approximate surface area is 166 Å². The summed E-state index contributed by atoms with van der Waals surface area (Å²) in [6.07, 6.45) is 3.82. The Hall–Kier alpha value is -2.56. The minimum absolute atomic E-state index is 0.232. The van der Waals surface area contributed by atoms with Crippen molar-refractivity contribution in [2.45, 2.75) is 47.0 Å². The molecule has 0 spiro atoms. The molecule has 0 bridgehead atoms. The average molecular weight is 386 g/mol. The fourth-order valence-corrected chi connectivity index (χ4v) is 3.37. The number of halogens is 2. The zero-order valence-electron chi connectivity index (χ0n) is 17.4. The third-order valence-electron chi connectivity index (χ3n) is 4.51. The number of nitrogens with zero attached hydrogens (tertiary/aromatic N) is 3. The summed E-state index contributed by atoms with van der Waals surface area (Å²) in [4.78, 5) is 10.5. The first-order valence-corrected chi connectivity index (χ1v) is 10.0. The van der Waals surface area contributed by atoms with E-state index in [9.17, 15) is 4.39 Å². The van der Waals surface area contributed by atoms with E-state index in [4.69, 9.17) is 0 Å². The molecule has 1 aromatic heterocycles. The van der Waals surface area contributed by atoms with Gasteiger partial charge in [-0.25, -0.2) is 18.7 Å². The highest BCUT2D eigenvalue weighted by Crippen LogP contribution is 2.36. The van der Waals surface area contributed by atoms with E-state index >= 15 is 4.39 Å². The zero-order valence-corrected chi connectivity index (χ0v) is 17.4. The summed E-state index contributed by atoms with van der Waals surface area (Å²) < 4.78 is 29.8. The third-order valence-corrected chi connectivity index (χ3v) is 4.51. The second-order valence-electron chi connectivity index (χ2n) is 6.47. The molecule has 2 aromatic carbocycles. The van der Waals surface area contributed by atoms with Crippen LogP contribution in [0.5, 0.6) is 0 Å². The van der Waals surface area contributed by atoms with E-state index in [1.807, 2.05) is 38.8 Å². The quantitative estimate of drug-likeness (QED) is 0.491. The lowest BCUT2D eigenvalue weighted by Crippen LogP contribution is -2.19. The van der Waals surface area contributed by atoms with Crippen molar-refractivity contribution in [1.82, 2.24) is 9.97 Å². The van der Waals surface area contributed by atoms with Gasteiger partial charge >= 0.3 is 0 Å². The molecule has 1 heterocycles. The number of anilines is 1. The zero-order chi connectivity index (χ0) is 20.7. The first-order valence-electron chi connectivity index (χ1n) is 10.0. The molecule has 0 saturated carbocycles. The van der Waals surface area contributed by atoms with Gasteiger partial charge in [-0.3, -0.25) is 0 Å². The molecular formula is C23H29F2N3. The van der Waals surface area contributed by atoms with Gasteiger partial charge in [0.25, 0.3) is 0 Å². The minimum Gasteiger partial charge on any atom is -0.359 e. The fourth-order valence-electron chi connectivity index (χ4n) is 3.37. The molecule has 0 N–H and O–H groups in total. The van der Waals surface area contributed by atoms with Crippen molar-refractivity contribution in [2.75, 3.05) is 18.5 Å². The van der Waals surface area contributed by atoms with Gasteiger partial charge in [0.15, 0.2) is 5.82 Å². The number of hydrogen-bond donors (Lipinski definition) is 0. The molecular weight excluding hydrogens is 356 g/mol. The highest BCUT2D eigenvalue weighted by Gasteiger charge is 2.21. The molecule has 0 atom stereocenters. The number of benzene rings is 2. The van der Waals surface area contributed by atoms with Gasteiger partial charge in [0.1, 0.15) is 23.5 Å². The molecule has 0 aliphatic carbocycles. The number of aryl methyl sites for hydroxylation is 1. The van der Waals surface area contributed by atoms with Crippen LogP contribution in [0.4, 0.5) is 14.6 Å². The van der Waals surface area contributed by atoms with Crippen LogP contribution in [0, 0.1) is 11.6 Å². The maximum Gasteiger partial charge on any atom is 0.157 e. The topological polar surface area (TPSA) is 29.0 Å². The van der Waals surface area contributed by atoms with Crippen LogP contribution in [0.3, 0.4) is 0 Å². The second kappa shape index (κ2) is 10.1. The van der Waals surface area contributed by atoms with Crippen LogP contribution < -0.4 is 4.90 Å². The maximum absolute atomic E-state index is 15.5. The van der Waals surface area contributed by atoms with Crippen molar-refractivity contribution in [1.29, 1.82) is 0 Å². The lowest BCUT2D eigenvalue weighted by atomic mass is 9.93. The summed E-state index contributed by atoms with van der Waals surface area (Å²) in [5.74, 6) is -0.210. The molecule has 5 heteroatoms. The molecule has 28 heavy (non-hydrogen) atoms. The van der Waals surface area contributed by atoms with Crippen LogP contribution in [0.15, 0.2) is 36.7 Å². The van der Waals surface area contributed by atoms with Gasteiger partial charge in [-0.15, -0.1) is 0 Å². The van der Waals surface area contributed by atoms with Crippen LogP contribution in [0.25, 0.3) is 22.0 Å². The number of aromatic nitrogens is 2. The predicted octanol–water partition coefficient (Wildman–Crippen LogP) is 6.40. The molecule has 0 saturated heterocycles. The van der Waals surface area contributed by atoms with E-state index < -0.39 is 11.6 Å². The molecule has 0 fully saturated rings. The van der Waals surface area contributed by atoms with E-state index in [-0.39, 0.29) is 11.1 Å². The molecule has 0 unspecified atom stereocenters. The number of fused-ring (bicyclic) bond motifs is 1. The summed E-state index contributed by atoms with van der Waals surface area (Å²) in [5.41, 5.74) is 1.59. The van der Waals surface area contributed by atoms with Gasteiger partial charge < -0.3 is 4.90 Å². The molecule has 3 nitrogen and oxygen atoms in total. The molecule has 0 amide bonds. The first-order chi connectivity index (χ1) is 13.6. The minimum atomic E-state index is -0.482. The van der Waals surface area contributed by atoms with Crippen molar-refractivity contribution < 1.29 is 8.78 Å². The third kappa shape index (κ3) is 4.29. The van der Waals surface area contributed by atoms with E-state index in [2.05, 4.69) is 16.9 Å². The van der Waals surface area contributed by atoms with Crippen LogP contribution in [-0.4, -0.2) is 23.6 Å². The molecule has 3 aromatic rings. The van der Waals surface area contributed by atoms with Crippen molar-refractivity contribution in [3.63, 3.8) is 0 Å². The van der Waals surface area contributed by atoms with Gasteiger partial charge in [-0.05, 0) is 30.5 Å². The molecule has 3 rings (SSSR count). The van der Waals surface area contributed by atoms with Crippen molar-refractivity contribution in [2.24, 2.45) is 0 Å². The standard InChI is InChI=1S/C21H23F2N3.C2H6/c1-4-8-14-12-16-20(24-13-25-21(16)26(3)11-5-2)19(23)18(14)15-9-6-7-10-17(15)22;1-2/h6-7,9-10,12-13H,4-5,8,11H2,1-3H3;1-2H3. The Morgan fingerprint density at radius 1 is 1.00 bits per heavy atom. The van der Waals surface area contributed by atoms with Crippen LogP contribution >= 0.6 is 0 Å². The Morgan fingerprint density at radius 3 is 2.36 bits per heavy atom. The summed E-state index contributed by atoms with van der Waals surface area (Å²) in [5, 5.41) is 0.671. The van der Waals surface area contributed by atoms with E-state index in [0.717, 1.165) is 24.9 Å². The highest BCUT2D eigenvalue weighted by atomic mass is 19.1. The Kier molecular flexibility index (Phi) is 7.85. The Morgan fingerprint density at radius 2 is 1.71 bits per heavy atom. The fraction of sp³-hybridized carbons (Fsp3) is 0.391. The van der Waals surface area contributed by atoms with Gasteiger partial charge in [-0.2, -0.15) is 0 Å². The van der Waals surface area contributed by atoms with E-state index in [1.165, 1.54) is 12.4 Å². The predicted molar refractivity (Wildman–Crippen MR) is 114 cm³/mol. The average Bonchev–Trinajstić information content (AvgIpc) is 2.71. The molecule has 150 valence electrons. The largest absolute Gasteiger partial charge is 0.359 e. The van der Waals surface area contributed by atoms with E-state index in [1.54, 1.807) is 18.2 Å². The van der Waals surface area contributed by atoms with Gasteiger partial charge in [0.05, 0.1) is 0 Å². The van der Waals surface area contributed by atoms with Gasteiger partial charge in [-0.1, -0.05) is 52.3 Å². The lowest BCUT2D eigenvalue weighted by Gasteiger charge is -2.20. The van der Waals surface area contributed by atoms with Crippen LogP contribution in [0.2, 0.25) is 0 Å². The summed E-state index contributed by atoms with van der Waals surface area (Å²) in [6.45, 7) is 8.92. The highest BCUT2D eigenvalue weighted by molar-refractivity contribution is 5.94. The molecule has 0 radical (unpaired) electrons. The Balaban J connectivity index is 0.00000136. The number of rotatable bonds is 6. The Bertz CT molecular complexity index is 925. The van der Waals surface area contributed by atoms with Crippen molar-refractivity contribution in [3.05, 3.63) is 53.9 Å². The van der Waals surface area contributed by atoms with Gasteiger partial charge in [0.2, 0.25) is 0 Å². The van der Waals surface area contributed by atoms with E-state index in [0.29, 0.717) is 23.2 Å². The smallest absolute Gasteiger partial charge is 0.157 e. The molecule has 0 aliphatic heterocycles. The van der Waals surface area contributed by atoms with Crippen LogP contribution in [-0.2, 0) is 6.42 Å². The van der Waals surface area contributed by atoms with Gasteiger partial charge in [0, 0.05) is 30.1 Å². The summed E-state index contributed by atoms with van der Waals surface area (Å²) in [7, 11) is 1.94. The SMILES string of the molecule is CC.CCCc1cc2c(N(C)CCC)ncnc2c(F)c1-c1ccccc1F. The van der Waals surface area contributed by atoms with Crippen molar-refractivity contribution >= 4 is 16.7 Å². The summed E-state index contributed by atoms with van der Waals surface area (Å²) in [6, 6.07) is 8.22. The molecule has 0 aliphatic rings. The second-order valence-corrected chi connectivity index (χ2v) is 6.47.